The SMILES string of the molecule is CCCCOCCN1CC(C(C)C)NCC12CCCCC2. The van der Waals surface area contributed by atoms with Gasteiger partial charge in [-0.05, 0) is 25.2 Å². The summed E-state index contributed by atoms with van der Waals surface area (Å²) in [6.45, 7) is 12.3. The van der Waals surface area contributed by atoms with Crippen molar-refractivity contribution in [2.75, 3.05) is 32.8 Å². The second-order valence-electron chi connectivity index (χ2n) is 7.43. The normalized spacial score (nSPS) is 26.6. The Morgan fingerprint density at radius 3 is 2.62 bits per heavy atom. The van der Waals surface area contributed by atoms with Gasteiger partial charge in [0.1, 0.15) is 0 Å². The van der Waals surface area contributed by atoms with E-state index in [-0.39, 0.29) is 0 Å². The monoisotopic (exact) mass is 296 g/mol. The second kappa shape index (κ2) is 8.50. The average Bonchev–Trinajstić information content (AvgIpc) is 2.49. The van der Waals surface area contributed by atoms with Gasteiger partial charge in [-0.15, -0.1) is 0 Å². The Morgan fingerprint density at radius 1 is 1.19 bits per heavy atom. The molecule has 2 fully saturated rings. The Kier molecular flexibility index (Phi) is 6.97. The van der Waals surface area contributed by atoms with Crippen molar-refractivity contribution >= 4 is 0 Å². The molecule has 1 N–H and O–H groups in total. The molecule has 2 aliphatic rings. The zero-order chi connectivity index (χ0) is 15.1. The van der Waals surface area contributed by atoms with Crippen LogP contribution in [-0.2, 0) is 4.74 Å². The number of hydrogen-bond donors (Lipinski definition) is 1. The first-order chi connectivity index (χ1) is 10.2. The van der Waals surface area contributed by atoms with E-state index in [1.807, 2.05) is 0 Å². The number of hydrogen-bond acceptors (Lipinski definition) is 3. The van der Waals surface area contributed by atoms with E-state index in [0.29, 0.717) is 11.6 Å². The van der Waals surface area contributed by atoms with Crippen molar-refractivity contribution in [1.82, 2.24) is 10.2 Å². The summed E-state index contributed by atoms with van der Waals surface area (Å²) in [5, 5.41) is 3.84. The highest BCUT2D eigenvalue weighted by atomic mass is 16.5. The van der Waals surface area contributed by atoms with Crippen molar-refractivity contribution in [3.63, 3.8) is 0 Å². The van der Waals surface area contributed by atoms with Crippen molar-refractivity contribution in [3.8, 4) is 0 Å². The van der Waals surface area contributed by atoms with E-state index >= 15 is 0 Å². The highest BCUT2D eigenvalue weighted by molar-refractivity contribution is 5.01. The Hall–Kier alpha value is -0.120. The maximum absolute atomic E-state index is 5.84. The van der Waals surface area contributed by atoms with Crippen molar-refractivity contribution in [2.45, 2.75) is 77.3 Å². The van der Waals surface area contributed by atoms with Crippen LogP contribution in [0.4, 0.5) is 0 Å². The van der Waals surface area contributed by atoms with Crippen molar-refractivity contribution < 1.29 is 4.74 Å². The summed E-state index contributed by atoms with van der Waals surface area (Å²) in [7, 11) is 0. The summed E-state index contributed by atoms with van der Waals surface area (Å²) in [5.41, 5.74) is 0.428. The minimum absolute atomic E-state index is 0.428. The average molecular weight is 296 g/mol. The van der Waals surface area contributed by atoms with E-state index in [2.05, 4.69) is 31.0 Å². The van der Waals surface area contributed by atoms with Crippen LogP contribution in [0.25, 0.3) is 0 Å². The number of nitrogens with one attached hydrogen (secondary N) is 1. The van der Waals surface area contributed by atoms with Gasteiger partial charge in [0.05, 0.1) is 6.61 Å². The Bertz CT molecular complexity index is 287. The molecule has 1 saturated heterocycles. The molecular formula is C18H36N2O. The van der Waals surface area contributed by atoms with E-state index in [1.54, 1.807) is 0 Å². The minimum Gasteiger partial charge on any atom is -0.380 e. The van der Waals surface area contributed by atoms with Gasteiger partial charge in [0.25, 0.3) is 0 Å². The van der Waals surface area contributed by atoms with Gasteiger partial charge >= 0.3 is 0 Å². The fourth-order valence-electron chi connectivity index (χ4n) is 3.93. The third kappa shape index (κ3) is 4.67. The molecule has 0 aromatic rings. The van der Waals surface area contributed by atoms with Crippen LogP contribution in [0, 0.1) is 5.92 Å². The molecule has 2 rings (SSSR count). The van der Waals surface area contributed by atoms with Gasteiger partial charge in [0.2, 0.25) is 0 Å². The van der Waals surface area contributed by atoms with Gasteiger partial charge < -0.3 is 10.1 Å². The van der Waals surface area contributed by atoms with Crippen LogP contribution in [0.2, 0.25) is 0 Å². The van der Waals surface area contributed by atoms with Crippen LogP contribution in [0.3, 0.4) is 0 Å². The molecule has 3 heteroatoms. The molecule has 1 aliphatic heterocycles. The van der Waals surface area contributed by atoms with E-state index < -0.39 is 0 Å². The van der Waals surface area contributed by atoms with Gasteiger partial charge in [-0.25, -0.2) is 0 Å². The maximum atomic E-state index is 5.84. The molecule has 1 unspecified atom stereocenters. The molecule has 0 aromatic heterocycles. The summed E-state index contributed by atoms with van der Waals surface area (Å²) < 4.78 is 5.84. The predicted octanol–water partition coefficient (Wildman–Crippen LogP) is 3.44. The molecule has 1 aliphatic carbocycles. The first kappa shape index (κ1) is 17.2. The summed E-state index contributed by atoms with van der Waals surface area (Å²) in [5.74, 6) is 0.717. The first-order valence-electron chi connectivity index (χ1n) is 9.24. The van der Waals surface area contributed by atoms with Crippen molar-refractivity contribution in [2.24, 2.45) is 5.92 Å². The highest BCUT2D eigenvalue weighted by Gasteiger charge is 2.42. The molecular weight excluding hydrogens is 260 g/mol. The maximum Gasteiger partial charge on any atom is 0.0593 e. The number of unbranched alkanes of at least 4 members (excludes halogenated alkanes) is 1. The van der Waals surface area contributed by atoms with Crippen LogP contribution >= 0.6 is 0 Å². The van der Waals surface area contributed by atoms with Gasteiger partial charge in [-0.2, -0.15) is 0 Å². The Balaban J connectivity index is 1.89. The van der Waals surface area contributed by atoms with E-state index in [9.17, 15) is 0 Å². The standard InChI is InChI=1S/C18H36N2O/c1-4-5-12-21-13-11-20-14-17(16(2)3)19-15-18(20)9-7-6-8-10-18/h16-17,19H,4-15H2,1-3H3. The van der Waals surface area contributed by atoms with Crippen molar-refractivity contribution in [3.05, 3.63) is 0 Å². The lowest BCUT2D eigenvalue weighted by Gasteiger charge is -2.53. The molecule has 124 valence electrons. The lowest BCUT2D eigenvalue weighted by molar-refractivity contribution is -0.0177. The minimum atomic E-state index is 0.428. The van der Waals surface area contributed by atoms with Crippen LogP contribution in [0.5, 0.6) is 0 Å². The molecule has 1 heterocycles. The van der Waals surface area contributed by atoms with Crippen LogP contribution in [0.1, 0.15) is 65.7 Å². The fraction of sp³-hybridized carbons (Fsp3) is 1.00. The molecule has 0 bridgehead atoms. The summed E-state index contributed by atoms with van der Waals surface area (Å²) in [4.78, 5) is 2.78. The molecule has 0 radical (unpaired) electrons. The highest BCUT2D eigenvalue weighted by Crippen LogP contribution is 2.35. The first-order valence-corrected chi connectivity index (χ1v) is 9.24. The van der Waals surface area contributed by atoms with Crippen molar-refractivity contribution in [1.29, 1.82) is 0 Å². The number of ether oxygens (including phenoxy) is 1. The molecule has 1 spiro atoms. The Labute approximate surface area is 131 Å². The Morgan fingerprint density at radius 2 is 1.95 bits per heavy atom. The van der Waals surface area contributed by atoms with Gasteiger partial charge in [-0.1, -0.05) is 46.5 Å². The van der Waals surface area contributed by atoms with Crippen LogP contribution in [0.15, 0.2) is 0 Å². The van der Waals surface area contributed by atoms with Gasteiger partial charge in [0, 0.05) is 37.8 Å². The molecule has 0 amide bonds. The third-order valence-electron chi connectivity index (χ3n) is 5.52. The van der Waals surface area contributed by atoms with Crippen LogP contribution < -0.4 is 5.32 Å². The lowest BCUT2D eigenvalue weighted by atomic mass is 9.77. The second-order valence-corrected chi connectivity index (χ2v) is 7.43. The van der Waals surface area contributed by atoms with E-state index in [1.165, 1.54) is 58.0 Å². The fourth-order valence-corrected chi connectivity index (χ4v) is 3.93. The zero-order valence-electron chi connectivity index (χ0n) is 14.5. The number of piperazine rings is 1. The largest absolute Gasteiger partial charge is 0.380 e. The molecule has 0 aromatic carbocycles. The summed E-state index contributed by atoms with van der Waals surface area (Å²) in [6.07, 6.45) is 9.41. The van der Waals surface area contributed by atoms with Gasteiger partial charge in [0.15, 0.2) is 0 Å². The van der Waals surface area contributed by atoms with Crippen LogP contribution in [-0.4, -0.2) is 49.3 Å². The molecule has 1 atom stereocenters. The predicted molar refractivity (Wildman–Crippen MR) is 89.7 cm³/mol. The smallest absolute Gasteiger partial charge is 0.0593 e. The van der Waals surface area contributed by atoms with Gasteiger partial charge in [-0.3, -0.25) is 4.90 Å². The summed E-state index contributed by atoms with van der Waals surface area (Å²) in [6, 6.07) is 0.646. The lowest BCUT2D eigenvalue weighted by Crippen LogP contribution is -2.66. The summed E-state index contributed by atoms with van der Waals surface area (Å²) >= 11 is 0. The third-order valence-corrected chi connectivity index (χ3v) is 5.52. The van der Waals surface area contributed by atoms with E-state index in [0.717, 1.165) is 25.7 Å². The zero-order valence-corrected chi connectivity index (χ0v) is 14.5. The van der Waals surface area contributed by atoms with E-state index in [4.69, 9.17) is 4.74 Å². The topological polar surface area (TPSA) is 24.5 Å². The number of rotatable bonds is 7. The molecule has 21 heavy (non-hydrogen) atoms. The number of nitrogens with zero attached hydrogens (tertiary/aromatic N) is 1. The molecule has 3 nitrogen and oxygen atoms in total. The molecule has 1 saturated carbocycles. The quantitative estimate of drug-likeness (QED) is 0.728.